The Morgan fingerprint density at radius 3 is 2.75 bits per heavy atom. The zero-order valence-electron chi connectivity index (χ0n) is 8.96. The Labute approximate surface area is 99.7 Å². The van der Waals surface area contributed by atoms with Crippen LogP contribution in [0.2, 0.25) is 5.02 Å². The van der Waals surface area contributed by atoms with E-state index in [9.17, 15) is 0 Å². The van der Waals surface area contributed by atoms with E-state index in [1.165, 1.54) is 12.8 Å². The lowest BCUT2D eigenvalue weighted by molar-refractivity contribution is 0.174. The number of fused-ring (bicyclic) bond motifs is 1. The second-order valence-corrected chi connectivity index (χ2v) is 4.64. The van der Waals surface area contributed by atoms with Crippen molar-refractivity contribution in [3.05, 3.63) is 22.7 Å². The quantitative estimate of drug-likeness (QED) is 0.818. The summed E-state index contributed by atoms with van der Waals surface area (Å²) in [4.78, 5) is 0. The minimum absolute atomic E-state index is 0.299. The van der Waals surface area contributed by atoms with Gasteiger partial charge in [-0.25, -0.2) is 0 Å². The molecule has 0 saturated carbocycles. The first-order valence-electron chi connectivity index (χ1n) is 5.67. The minimum atomic E-state index is 0.299. The zero-order valence-corrected chi connectivity index (χ0v) is 9.72. The van der Waals surface area contributed by atoms with Gasteiger partial charge >= 0.3 is 0 Å². The van der Waals surface area contributed by atoms with Gasteiger partial charge in [-0.05, 0) is 31.0 Å². The molecule has 1 N–H and O–H groups in total. The molecule has 0 radical (unpaired) electrons. The first-order chi connectivity index (χ1) is 7.84. The van der Waals surface area contributed by atoms with E-state index < -0.39 is 0 Å². The molecule has 1 saturated heterocycles. The van der Waals surface area contributed by atoms with E-state index >= 15 is 0 Å². The highest BCUT2D eigenvalue weighted by molar-refractivity contribution is 6.31. The predicted octanol–water partition coefficient (Wildman–Crippen LogP) is 2.88. The summed E-state index contributed by atoms with van der Waals surface area (Å²) in [6.45, 7) is 1.36. The van der Waals surface area contributed by atoms with Crippen LogP contribution >= 0.6 is 11.6 Å². The second-order valence-electron chi connectivity index (χ2n) is 4.23. The van der Waals surface area contributed by atoms with E-state index in [0.717, 1.165) is 35.1 Å². The summed E-state index contributed by atoms with van der Waals surface area (Å²) >= 11 is 6.27. The Hall–Kier alpha value is -0.930. The largest absolute Gasteiger partial charge is 0.454 e. The Kier molecular flexibility index (Phi) is 2.65. The predicted molar refractivity (Wildman–Crippen MR) is 62.2 cm³/mol. The summed E-state index contributed by atoms with van der Waals surface area (Å²) in [7, 11) is 0. The molecule has 4 heteroatoms. The van der Waals surface area contributed by atoms with Crippen LogP contribution in [0.25, 0.3) is 0 Å². The van der Waals surface area contributed by atoms with Gasteiger partial charge in [0.1, 0.15) is 0 Å². The Morgan fingerprint density at radius 2 is 2.00 bits per heavy atom. The van der Waals surface area contributed by atoms with Crippen LogP contribution in [0.15, 0.2) is 12.1 Å². The number of nitrogens with one attached hydrogen (secondary N) is 1. The molecule has 0 bridgehead atoms. The molecular weight excluding hydrogens is 226 g/mol. The van der Waals surface area contributed by atoms with E-state index in [-0.39, 0.29) is 0 Å². The van der Waals surface area contributed by atoms with Crippen LogP contribution in [-0.2, 0) is 0 Å². The molecule has 0 aliphatic carbocycles. The van der Waals surface area contributed by atoms with E-state index in [4.69, 9.17) is 21.1 Å². The van der Waals surface area contributed by atoms with E-state index in [0.29, 0.717) is 12.8 Å². The van der Waals surface area contributed by atoms with Crippen molar-refractivity contribution in [1.29, 1.82) is 0 Å². The fraction of sp³-hybridized carbons (Fsp3) is 0.500. The standard InChI is InChI=1S/C12H14ClNO2/c13-9-6-12-11(15-7-16-12)5-8(9)10-3-1-2-4-14-10/h5-6,10,14H,1-4,7H2/t10-/m0/s1. The number of benzene rings is 1. The van der Waals surface area contributed by atoms with Gasteiger partial charge in [0.25, 0.3) is 0 Å². The maximum atomic E-state index is 6.27. The molecule has 1 atom stereocenters. The molecule has 16 heavy (non-hydrogen) atoms. The van der Waals surface area contributed by atoms with Crippen molar-refractivity contribution in [3.63, 3.8) is 0 Å². The van der Waals surface area contributed by atoms with Crippen LogP contribution in [0.4, 0.5) is 0 Å². The lowest BCUT2D eigenvalue weighted by Gasteiger charge is -2.24. The summed E-state index contributed by atoms with van der Waals surface area (Å²) in [5, 5.41) is 4.25. The molecule has 2 heterocycles. The van der Waals surface area contributed by atoms with Crippen molar-refractivity contribution in [2.24, 2.45) is 0 Å². The van der Waals surface area contributed by atoms with Crippen LogP contribution in [0, 0.1) is 0 Å². The molecule has 0 unspecified atom stereocenters. The first-order valence-corrected chi connectivity index (χ1v) is 6.05. The van der Waals surface area contributed by atoms with Gasteiger partial charge in [-0.1, -0.05) is 18.0 Å². The summed E-state index contributed by atoms with van der Waals surface area (Å²) in [6.07, 6.45) is 3.64. The summed E-state index contributed by atoms with van der Waals surface area (Å²) < 4.78 is 10.7. The Bertz CT molecular complexity index is 402. The highest BCUT2D eigenvalue weighted by Gasteiger charge is 2.22. The lowest BCUT2D eigenvalue weighted by atomic mass is 9.97. The Morgan fingerprint density at radius 1 is 1.19 bits per heavy atom. The SMILES string of the molecule is Clc1cc2c(cc1[C@@H]1CCCCN1)OCO2. The van der Waals surface area contributed by atoms with Crippen LogP contribution in [0.3, 0.4) is 0 Å². The van der Waals surface area contributed by atoms with Gasteiger partial charge < -0.3 is 14.8 Å². The fourth-order valence-electron chi connectivity index (χ4n) is 2.32. The Balaban J connectivity index is 1.94. The topological polar surface area (TPSA) is 30.5 Å². The number of halogens is 1. The molecule has 0 aromatic heterocycles. The van der Waals surface area contributed by atoms with Gasteiger partial charge in [0.05, 0.1) is 0 Å². The zero-order chi connectivity index (χ0) is 11.0. The number of ether oxygens (including phenoxy) is 2. The van der Waals surface area contributed by atoms with Gasteiger partial charge in [0.15, 0.2) is 11.5 Å². The molecule has 0 amide bonds. The normalized spacial score (nSPS) is 23.4. The summed E-state index contributed by atoms with van der Waals surface area (Å²) in [6, 6.07) is 4.22. The van der Waals surface area contributed by atoms with Crippen molar-refractivity contribution in [3.8, 4) is 11.5 Å². The lowest BCUT2D eigenvalue weighted by Crippen LogP contribution is -2.26. The van der Waals surface area contributed by atoms with Crippen LogP contribution in [0.5, 0.6) is 11.5 Å². The van der Waals surface area contributed by atoms with Crippen LogP contribution in [-0.4, -0.2) is 13.3 Å². The van der Waals surface area contributed by atoms with Crippen molar-refractivity contribution in [1.82, 2.24) is 5.32 Å². The molecule has 2 aliphatic rings. The maximum Gasteiger partial charge on any atom is 0.231 e. The van der Waals surface area contributed by atoms with Gasteiger partial charge in [-0.15, -0.1) is 0 Å². The molecule has 3 rings (SSSR count). The molecular formula is C12H14ClNO2. The van der Waals surface area contributed by atoms with Crippen LogP contribution in [0.1, 0.15) is 30.9 Å². The van der Waals surface area contributed by atoms with Gasteiger partial charge in [-0.2, -0.15) is 0 Å². The summed E-state index contributed by atoms with van der Waals surface area (Å²) in [5.41, 5.74) is 1.13. The van der Waals surface area contributed by atoms with Gasteiger partial charge in [0, 0.05) is 17.1 Å². The van der Waals surface area contributed by atoms with Crippen LogP contribution < -0.4 is 14.8 Å². The highest BCUT2D eigenvalue weighted by atomic mass is 35.5. The number of piperidine rings is 1. The second kappa shape index (κ2) is 4.15. The number of hydrogen-bond acceptors (Lipinski definition) is 3. The molecule has 2 aliphatic heterocycles. The molecule has 3 nitrogen and oxygen atoms in total. The molecule has 1 aromatic rings. The molecule has 0 spiro atoms. The van der Waals surface area contributed by atoms with E-state index in [2.05, 4.69) is 5.32 Å². The van der Waals surface area contributed by atoms with Gasteiger partial charge in [0.2, 0.25) is 6.79 Å². The van der Waals surface area contributed by atoms with E-state index in [1.54, 1.807) is 0 Å². The van der Waals surface area contributed by atoms with E-state index in [1.807, 2.05) is 12.1 Å². The number of hydrogen-bond donors (Lipinski definition) is 1. The average Bonchev–Trinajstić information content (AvgIpc) is 2.76. The summed E-state index contributed by atoms with van der Waals surface area (Å²) in [5.74, 6) is 1.57. The molecule has 1 aromatic carbocycles. The highest BCUT2D eigenvalue weighted by Crippen LogP contribution is 2.40. The van der Waals surface area contributed by atoms with Crippen molar-refractivity contribution in [2.45, 2.75) is 25.3 Å². The molecule has 86 valence electrons. The first kappa shape index (κ1) is 10.2. The third-order valence-corrected chi connectivity index (χ3v) is 3.50. The minimum Gasteiger partial charge on any atom is -0.454 e. The monoisotopic (exact) mass is 239 g/mol. The smallest absolute Gasteiger partial charge is 0.231 e. The van der Waals surface area contributed by atoms with Crippen molar-refractivity contribution < 1.29 is 9.47 Å². The average molecular weight is 240 g/mol. The maximum absolute atomic E-state index is 6.27. The third kappa shape index (κ3) is 1.74. The fourth-order valence-corrected chi connectivity index (χ4v) is 2.60. The molecule has 1 fully saturated rings. The third-order valence-electron chi connectivity index (χ3n) is 3.18. The van der Waals surface area contributed by atoms with Crippen molar-refractivity contribution >= 4 is 11.6 Å². The van der Waals surface area contributed by atoms with Gasteiger partial charge in [-0.3, -0.25) is 0 Å². The van der Waals surface area contributed by atoms with Crippen molar-refractivity contribution in [2.75, 3.05) is 13.3 Å². The number of rotatable bonds is 1.